The van der Waals surface area contributed by atoms with E-state index < -0.39 is 23.5 Å². The summed E-state index contributed by atoms with van der Waals surface area (Å²) >= 11 is 0. The predicted octanol–water partition coefficient (Wildman–Crippen LogP) is 2.13. The molecule has 3 rings (SSSR count). The average molecular weight is 369 g/mol. The molecule has 0 saturated carbocycles. The first-order valence-electron chi connectivity index (χ1n) is 8.94. The van der Waals surface area contributed by atoms with Crippen LogP contribution in [0.3, 0.4) is 0 Å². The number of nitrogens with zero attached hydrogens (tertiary/aromatic N) is 1. The third-order valence-corrected chi connectivity index (χ3v) is 5.21. The van der Waals surface area contributed by atoms with E-state index in [4.69, 9.17) is 5.73 Å². The van der Waals surface area contributed by atoms with Gasteiger partial charge in [0.1, 0.15) is 12.4 Å². The molecule has 0 radical (unpaired) electrons. The zero-order chi connectivity index (χ0) is 19.4. The summed E-state index contributed by atoms with van der Waals surface area (Å²) in [5.41, 5.74) is 6.76. The van der Waals surface area contributed by atoms with Gasteiger partial charge in [0.2, 0.25) is 0 Å². The molecule has 0 bridgehead atoms. The van der Waals surface area contributed by atoms with Crippen LogP contribution in [0.4, 0.5) is 4.39 Å². The van der Waals surface area contributed by atoms with Gasteiger partial charge >= 0.3 is 5.91 Å². The lowest BCUT2D eigenvalue weighted by Gasteiger charge is -2.38. The maximum absolute atomic E-state index is 13.7. The summed E-state index contributed by atoms with van der Waals surface area (Å²) in [6.45, 7) is 0.582. The molecule has 1 fully saturated rings. The Kier molecular flexibility index (Phi) is 5.46. The smallest absolute Gasteiger partial charge is 0.314 e. The highest BCUT2D eigenvalue weighted by molar-refractivity contribution is 6.37. The number of hydrogen-bond donors (Lipinski definition) is 1. The van der Waals surface area contributed by atoms with E-state index in [0.29, 0.717) is 24.9 Å². The fourth-order valence-electron chi connectivity index (χ4n) is 3.92. The Morgan fingerprint density at radius 1 is 1.07 bits per heavy atom. The van der Waals surface area contributed by atoms with Crippen LogP contribution in [0.5, 0.6) is 0 Å². The predicted molar refractivity (Wildman–Crippen MR) is 97.6 cm³/mol. The summed E-state index contributed by atoms with van der Waals surface area (Å²) in [6, 6.07) is 14.3. The van der Waals surface area contributed by atoms with Gasteiger partial charge in [0.25, 0.3) is 11.7 Å². The highest BCUT2D eigenvalue weighted by Crippen LogP contribution is 2.31. The lowest BCUT2D eigenvalue weighted by atomic mass is 9.97. The number of benzene rings is 2. The van der Waals surface area contributed by atoms with Crippen molar-refractivity contribution in [2.75, 3.05) is 6.54 Å². The van der Waals surface area contributed by atoms with Gasteiger partial charge in [-0.2, -0.15) is 0 Å². The van der Waals surface area contributed by atoms with E-state index in [2.05, 4.69) is 0 Å². The Labute approximate surface area is 157 Å². The number of carbonyl (C=O) groups excluding carboxylic acids is 3. The lowest BCUT2D eigenvalue weighted by molar-refractivity contribution is -0.875. The van der Waals surface area contributed by atoms with E-state index in [1.807, 2.05) is 30.3 Å². The molecule has 6 heteroatoms. The summed E-state index contributed by atoms with van der Waals surface area (Å²) < 4.78 is 13.5. The van der Waals surface area contributed by atoms with Gasteiger partial charge in [-0.25, -0.2) is 13.7 Å². The molecule has 2 aromatic rings. The van der Waals surface area contributed by atoms with Gasteiger partial charge in [0, 0.05) is 18.4 Å². The minimum Gasteiger partial charge on any atom is -0.363 e. The van der Waals surface area contributed by atoms with E-state index in [1.165, 1.54) is 12.1 Å². The van der Waals surface area contributed by atoms with Crippen molar-refractivity contribution in [1.82, 2.24) is 0 Å². The molecule has 1 saturated heterocycles. The third-order valence-electron chi connectivity index (χ3n) is 5.21. The van der Waals surface area contributed by atoms with E-state index >= 15 is 0 Å². The van der Waals surface area contributed by atoms with Crippen molar-refractivity contribution in [3.63, 3.8) is 0 Å². The van der Waals surface area contributed by atoms with E-state index in [-0.39, 0.29) is 23.4 Å². The topological polar surface area (TPSA) is 77.2 Å². The first-order valence-corrected chi connectivity index (χ1v) is 8.94. The van der Waals surface area contributed by atoms with E-state index in [9.17, 15) is 18.8 Å². The highest BCUT2D eigenvalue weighted by atomic mass is 19.1. The van der Waals surface area contributed by atoms with E-state index in [0.717, 1.165) is 5.56 Å². The highest BCUT2D eigenvalue weighted by Gasteiger charge is 2.51. The van der Waals surface area contributed by atoms with Crippen LogP contribution < -0.4 is 5.73 Å². The number of carbonyl (C=O) groups is 3. The Hall–Kier alpha value is -2.86. The van der Waals surface area contributed by atoms with Crippen LogP contribution in [-0.2, 0) is 27.3 Å². The maximum atomic E-state index is 13.7. The van der Waals surface area contributed by atoms with Crippen LogP contribution in [0.2, 0.25) is 0 Å². The van der Waals surface area contributed by atoms with Crippen LogP contribution in [0.15, 0.2) is 54.6 Å². The average Bonchev–Trinajstić information content (AvgIpc) is 3.01. The monoisotopic (exact) mass is 369 g/mol. The summed E-state index contributed by atoms with van der Waals surface area (Å²) in [6.07, 6.45) is 1.17. The normalized spacial score (nSPS) is 20.4. The molecule has 2 N–H and O–H groups in total. The minimum atomic E-state index is -1.05. The number of ketones is 1. The Morgan fingerprint density at radius 2 is 1.78 bits per heavy atom. The van der Waals surface area contributed by atoms with E-state index in [1.54, 1.807) is 12.1 Å². The van der Waals surface area contributed by atoms with Gasteiger partial charge in [0.05, 0.1) is 13.0 Å². The molecule has 2 aromatic carbocycles. The zero-order valence-corrected chi connectivity index (χ0v) is 14.9. The number of quaternary nitrogens is 1. The quantitative estimate of drug-likeness (QED) is 0.600. The van der Waals surface area contributed by atoms with Crippen LogP contribution in [-0.4, -0.2) is 34.7 Å². The zero-order valence-electron chi connectivity index (χ0n) is 14.9. The SMILES string of the molecule is NC(=O)C(=O)C(Cc1ccccc1)[N+]1(Cc2cccc(F)c2)CCCC1=O. The van der Waals surface area contributed by atoms with Gasteiger partial charge in [-0.3, -0.25) is 9.59 Å². The molecule has 1 heterocycles. The largest absolute Gasteiger partial charge is 0.363 e. The number of rotatable bonds is 7. The molecule has 140 valence electrons. The standard InChI is InChI=1S/C21H21FN2O3/c22-17-9-4-8-16(12-17)14-24(11-5-10-19(24)25)18(20(26)21(23)27)13-15-6-2-1-3-7-15/h1-4,6-9,12,18H,5,10-11,13-14H2,(H-,23,27)/p+1. The fraction of sp³-hybridized carbons (Fsp3) is 0.286. The van der Waals surface area contributed by atoms with Gasteiger partial charge in [-0.15, -0.1) is 0 Å². The first-order chi connectivity index (χ1) is 12.9. The van der Waals surface area contributed by atoms with Crippen LogP contribution in [0, 0.1) is 5.82 Å². The van der Waals surface area contributed by atoms with Crippen molar-refractivity contribution in [3.8, 4) is 0 Å². The molecule has 27 heavy (non-hydrogen) atoms. The third kappa shape index (κ3) is 3.95. The second-order valence-electron chi connectivity index (χ2n) is 6.98. The molecule has 2 unspecified atom stereocenters. The second kappa shape index (κ2) is 7.80. The summed E-state index contributed by atoms with van der Waals surface area (Å²) in [7, 11) is 0. The van der Waals surface area contributed by atoms with Crippen LogP contribution >= 0.6 is 0 Å². The summed E-state index contributed by atoms with van der Waals surface area (Å²) in [4.78, 5) is 37.4. The second-order valence-corrected chi connectivity index (χ2v) is 6.98. The number of amides is 2. The Balaban J connectivity index is 2.04. The Morgan fingerprint density at radius 3 is 2.37 bits per heavy atom. The molecule has 0 aliphatic carbocycles. The molecular formula is C21H22FN2O3+. The summed E-state index contributed by atoms with van der Waals surface area (Å²) in [5.74, 6) is -2.33. The van der Waals surface area contributed by atoms with Crippen molar-refractivity contribution >= 4 is 17.6 Å². The van der Waals surface area contributed by atoms with Crippen LogP contribution in [0.25, 0.3) is 0 Å². The molecule has 1 aliphatic rings. The minimum absolute atomic E-state index is 0.116. The molecule has 2 amide bonds. The van der Waals surface area contributed by atoms with Gasteiger partial charge < -0.3 is 5.73 Å². The molecule has 5 nitrogen and oxygen atoms in total. The number of likely N-dealkylation sites (tertiary alicyclic amines) is 1. The van der Waals surface area contributed by atoms with Crippen molar-refractivity contribution in [1.29, 1.82) is 0 Å². The lowest BCUT2D eigenvalue weighted by Crippen LogP contribution is -2.61. The molecule has 0 spiro atoms. The fourth-order valence-corrected chi connectivity index (χ4v) is 3.92. The number of halogens is 1. The number of primary amides is 1. The summed E-state index contributed by atoms with van der Waals surface area (Å²) in [5, 5.41) is 0. The number of Topliss-reactive ketones (excluding diaryl/α,β-unsaturated/α-hetero) is 1. The first kappa shape index (κ1) is 18.9. The van der Waals surface area contributed by atoms with Crippen LogP contribution in [0.1, 0.15) is 24.0 Å². The molecule has 1 aliphatic heterocycles. The maximum Gasteiger partial charge on any atom is 0.314 e. The van der Waals surface area contributed by atoms with Gasteiger partial charge in [-0.05, 0) is 17.7 Å². The van der Waals surface area contributed by atoms with Crippen molar-refractivity contribution < 1.29 is 23.3 Å². The van der Waals surface area contributed by atoms with Crippen molar-refractivity contribution in [3.05, 3.63) is 71.5 Å². The number of nitrogens with two attached hydrogens (primary N) is 1. The van der Waals surface area contributed by atoms with Crippen molar-refractivity contribution in [2.45, 2.75) is 31.8 Å². The molecule has 0 aromatic heterocycles. The number of hydrogen-bond acceptors (Lipinski definition) is 3. The van der Waals surface area contributed by atoms with Crippen molar-refractivity contribution in [2.24, 2.45) is 5.73 Å². The molecular weight excluding hydrogens is 347 g/mol. The molecule has 2 atom stereocenters. The van der Waals surface area contributed by atoms with Gasteiger partial charge in [0.15, 0.2) is 6.04 Å². The Bertz CT molecular complexity index is 869. The van der Waals surface area contributed by atoms with Gasteiger partial charge in [-0.1, -0.05) is 42.5 Å².